The van der Waals surface area contributed by atoms with E-state index in [2.05, 4.69) is 0 Å². The van der Waals surface area contributed by atoms with Gasteiger partial charge in [-0.1, -0.05) is 26.0 Å². The minimum Gasteiger partial charge on any atom is -0.508 e. The smallest absolute Gasteiger partial charge is 0.130 e. The van der Waals surface area contributed by atoms with E-state index in [1.165, 1.54) is 0 Å². The first-order chi connectivity index (χ1) is 9.08. The second-order valence-electron chi connectivity index (χ2n) is 4.51. The zero-order valence-electron chi connectivity index (χ0n) is 11.1. The van der Waals surface area contributed by atoms with E-state index in [9.17, 15) is 15.3 Å². The summed E-state index contributed by atoms with van der Waals surface area (Å²) in [7, 11) is 0. The predicted octanol–water partition coefficient (Wildman–Crippen LogP) is 3.60. The zero-order chi connectivity index (χ0) is 14.0. The lowest BCUT2D eigenvalue weighted by Crippen LogP contribution is -1.94. The lowest BCUT2D eigenvalue weighted by Gasteiger charge is -2.15. The normalized spacial score (nSPS) is 10.6. The van der Waals surface area contributed by atoms with Crippen LogP contribution in [0.5, 0.6) is 17.2 Å². The molecule has 0 saturated carbocycles. The second-order valence-corrected chi connectivity index (χ2v) is 4.51. The lowest BCUT2D eigenvalue weighted by atomic mass is 9.93. The highest BCUT2D eigenvalue weighted by molar-refractivity contribution is 5.77. The third kappa shape index (κ3) is 2.36. The van der Waals surface area contributed by atoms with Gasteiger partial charge in [0.2, 0.25) is 0 Å². The van der Waals surface area contributed by atoms with Crippen LogP contribution in [0.3, 0.4) is 0 Å². The highest BCUT2D eigenvalue weighted by Crippen LogP contribution is 2.41. The molecule has 19 heavy (non-hydrogen) atoms. The number of aromatic hydroxyl groups is 3. The third-order valence-electron chi connectivity index (χ3n) is 3.35. The minimum atomic E-state index is 0.130. The molecule has 0 aliphatic rings. The van der Waals surface area contributed by atoms with E-state index in [1.54, 1.807) is 30.3 Å². The largest absolute Gasteiger partial charge is 0.508 e. The van der Waals surface area contributed by atoms with Crippen molar-refractivity contribution in [2.45, 2.75) is 26.7 Å². The summed E-state index contributed by atoms with van der Waals surface area (Å²) in [4.78, 5) is 0. The molecule has 0 aromatic heterocycles. The molecule has 2 aromatic carbocycles. The standard InChI is InChI=1S/C16H18O3/c1-3-10-9-14(18)13(4-2)16(19)15(10)11-5-7-12(17)8-6-11/h5-9,17-19H,3-4H2,1-2H3. The Kier molecular flexibility index (Phi) is 3.65. The average molecular weight is 258 g/mol. The van der Waals surface area contributed by atoms with E-state index >= 15 is 0 Å². The van der Waals surface area contributed by atoms with Crippen LogP contribution in [0.4, 0.5) is 0 Å². The van der Waals surface area contributed by atoms with Gasteiger partial charge >= 0.3 is 0 Å². The van der Waals surface area contributed by atoms with Crippen LogP contribution in [-0.2, 0) is 12.8 Å². The van der Waals surface area contributed by atoms with E-state index in [0.717, 1.165) is 16.7 Å². The SMILES string of the molecule is CCc1cc(O)c(CC)c(O)c1-c1ccc(O)cc1. The van der Waals surface area contributed by atoms with Crippen LogP contribution in [-0.4, -0.2) is 15.3 Å². The van der Waals surface area contributed by atoms with E-state index in [4.69, 9.17) is 0 Å². The molecule has 0 aliphatic carbocycles. The Bertz CT molecular complexity index is 586. The Morgan fingerprint density at radius 2 is 1.53 bits per heavy atom. The van der Waals surface area contributed by atoms with Crippen molar-refractivity contribution in [3.8, 4) is 28.4 Å². The van der Waals surface area contributed by atoms with Crippen molar-refractivity contribution in [2.24, 2.45) is 0 Å². The Hall–Kier alpha value is -2.16. The second kappa shape index (κ2) is 5.22. The molecule has 0 saturated heterocycles. The Labute approximate surface area is 112 Å². The van der Waals surface area contributed by atoms with Gasteiger partial charge in [0.05, 0.1) is 0 Å². The zero-order valence-corrected chi connectivity index (χ0v) is 11.1. The fourth-order valence-electron chi connectivity index (χ4n) is 2.33. The Morgan fingerprint density at radius 3 is 2.05 bits per heavy atom. The molecule has 0 unspecified atom stereocenters. The molecular weight excluding hydrogens is 240 g/mol. The van der Waals surface area contributed by atoms with Crippen molar-refractivity contribution in [1.82, 2.24) is 0 Å². The summed E-state index contributed by atoms with van der Waals surface area (Å²) < 4.78 is 0. The highest BCUT2D eigenvalue weighted by Gasteiger charge is 2.16. The quantitative estimate of drug-likeness (QED) is 0.788. The van der Waals surface area contributed by atoms with Crippen LogP contribution >= 0.6 is 0 Å². The lowest BCUT2D eigenvalue weighted by molar-refractivity contribution is 0.439. The maximum absolute atomic E-state index is 10.4. The first-order valence-corrected chi connectivity index (χ1v) is 6.44. The number of benzene rings is 2. The van der Waals surface area contributed by atoms with Crippen molar-refractivity contribution in [3.63, 3.8) is 0 Å². The summed E-state index contributed by atoms with van der Waals surface area (Å²) in [5, 5.41) is 29.6. The molecule has 0 spiro atoms. The summed E-state index contributed by atoms with van der Waals surface area (Å²) in [6, 6.07) is 8.42. The van der Waals surface area contributed by atoms with Gasteiger partial charge in [-0.05, 0) is 42.2 Å². The number of phenols is 3. The molecular formula is C16H18O3. The van der Waals surface area contributed by atoms with Crippen LogP contribution in [0, 0.1) is 0 Å². The van der Waals surface area contributed by atoms with Crippen LogP contribution in [0.25, 0.3) is 11.1 Å². The van der Waals surface area contributed by atoms with Crippen LogP contribution in [0.2, 0.25) is 0 Å². The Morgan fingerprint density at radius 1 is 0.895 bits per heavy atom. The van der Waals surface area contributed by atoms with Gasteiger partial charge in [-0.3, -0.25) is 0 Å². The van der Waals surface area contributed by atoms with Gasteiger partial charge in [0.1, 0.15) is 17.2 Å². The van der Waals surface area contributed by atoms with Crippen LogP contribution in [0.1, 0.15) is 25.0 Å². The summed E-state index contributed by atoms with van der Waals surface area (Å²) in [5.74, 6) is 0.459. The van der Waals surface area contributed by atoms with E-state index in [1.807, 2.05) is 13.8 Å². The molecule has 0 fully saturated rings. The van der Waals surface area contributed by atoms with Crippen molar-refractivity contribution in [1.29, 1.82) is 0 Å². The minimum absolute atomic E-state index is 0.130. The molecule has 2 rings (SSSR count). The number of aryl methyl sites for hydroxylation is 1. The van der Waals surface area contributed by atoms with Crippen molar-refractivity contribution >= 4 is 0 Å². The molecule has 3 N–H and O–H groups in total. The van der Waals surface area contributed by atoms with Gasteiger partial charge in [-0.15, -0.1) is 0 Å². The Balaban J connectivity index is 2.70. The monoisotopic (exact) mass is 258 g/mol. The molecule has 0 radical (unpaired) electrons. The maximum Gasteiger partial charge on any atom is 0.130 e. The van der Waals surface area contributed by atoms with Crippen molar-refractivity contribution in [3.05, 3.63) is 41.5 Å². The topological polar surface area (TPSA) is 60.7 Å². The molecule has 3 nitrogen and oxygen atoms in total. The first-order valence-electron chi connectivity index (χ1n) is 6.44. The molecule has 2 aromatic rings. The van der Waals surface area contributed by atoms with Gasteiger partial charge in [0.25, 0.3) is 0 Å². The van der Waals surface area contributed by atoms with Gasteiger partial charge in [0.15, 0.2) is 0 Å². The van der Waals surface area contributed by atoms with Crippen LogP contribution < -0.4 is 0 Å². The van der Waals surface area contributed by atoms with Crippen LogP contribution in [0.15, 0.2) is 30.3 Å². The van der Waals surface area contributed by atoms with Gasteiger partial charge in [-0.2, -0.15) is 0 Å². The molecule has 0 atom stereocenters. The fraction of sp³-hybridized carbons (Fsp3) is 0.250. The molecule has 0 bridgehead atoms. The number of phenolic OH excluding ortho intramolecular Hbond substituents is 3. The number of hydrogen-bond acceptors (Lipinski definition) is 3. The van der Waals surface area contributed by atoms with Crippen molar-refractivity contribution < 1.29 is 15.3 Å². The molecule has 0 aliphatic heterocycles. The molecule has 3 heteroatoms. The summed E-state index contributed by atoms with van der Waals surface area (Å²) in [5.41, 5.74) is 3.01. The summed E-state index contributed by atoms with van der Waals surface area (Å²) >= 11 is 0. The van der Waals surface area contributed by atoms with E-state index in [-0.39, 0.29) is 17.2 Å². The summed E-state index contributed by atoms with van der Waals surface area (Å²) in [6.07, 6.45) is 1.27. The third-order valence-corrected chi connectivity index (χ3v) is 3.35. The van der Waals surface area contributed by atoms with Gasteiger partial charge in [0, 0.05) is 11.1 Å². The highest BCUT2D eigenvalue weighted by atomic mass is 16.3. The van der Waals surface area contributed by atoms with E-state index in [0.29, 0.717) is 18.4 Å². The van der Waals surface area contributed by atoms with Gasteiger partial charge < -0.3 is 15.3 Å². The fourth-order valence-corrected chi connectivity index (χ4v) is 2.33. The maximum atomic E-state index is 10.4. The van der Waals surface area contributed by atoms with Crippen molar-refractivity contribution in [2.75, 3.05) is 0 Å². The predicted molar refractivity (Wildman–Crippen MR) is 75.6 cm³/mol. The molecule has 100 valence electrons. The summed E-state index contributed by atoms with van der Waals surface area (Å²) in [6.45, 7) is 3.87. The average Bonchev–Trinajstić information content (AvgIpc) is 2.40. The number of hydrogen-bond donors (Lipinski definition) is 3. The first kappa shape index (κ1) is 13.3. The molecule has 0 heterocycles. The number of rotatable bonds is 3. The van der Waals surface area contributed by atoms with Gasteiger partial charge in [-0.25, -0.2) is 0 Å². The molecule has 0 amide bonds. The van der Waals surface area contributed by atoms with E-state index < -0.39 is 0 Å².